The second-order valence-electron chi connectivity index (χ2n) is 5.99. The highest BCUT2D eigenvalue weighted by molar-refractivity contribution is 9.10. The molecule has 0 bridgehead atoms. The average molecular weight is 441 g/mol. The Morgan fingerprint density at radius 3 is 2.31 bits per heavy atom. The first-order valence-electron chi connectivity index (χ1n) is 7.89. The molecule has 0 atom stereocenters. The number of nitrogens with zero attached hydrogens (tertiary/aromatic N) is 1. The minimum Gasteiger partial charge on any atom is -0.495 e. The van der Waals surface area contributed by atoms with Crippen LogP contribution in [-0.2, 0) is 10.0 Å². The summed E-state index contributed by atoms with van der Waals surface area (Å²) in [5.41, 5.74) is 0.685. The summed E-state index contributed by atoms with van der Waals surface area (Å²) in [4.78, 5) is 14.0. The number of nitrogens with one attached hydrogen (secondary N) is 1. The van der Waals surface area contributed by atoms with Gasteiger partial charge in [0.15, 0.2) is 0 Å². The largest absolute Gasteiger partial charge is 0.495 e. The number of ether oxygens (including phenoxy) is 1. The molecular weight excluding hydrogens is 420 g/mol. The Hall–Kier alpha value is -2.06. The Balaban J connectivity index is 2.44. The van der Waals surface area contributed by atoms with Crippen molar-refractivity contribution in [2.75, 3.05) is 18.9 Å². The highest BCUT2D eigenvalue weighted by atomic mass is 79.9. The summed E-state index contributed by atoms with van der Waals surface area (Å²) in [6.07, 6.45) is 0. The zero-order valence-corrected chi connectivity index (χ0v) is 17.4. The summed E-state index contributed by atoms with van der Waals surface area (Å²) < 4.78 is 34.2. The lowest BCUT2D eigenvalue weighted by Crippen LogP contribution is -2.33. The smallest absolute Gasteiger partial charge is 0.265 e. The van der Waals surface area contributed by atoms with Crippen LogP contribution in [0.25, 0.3) is 0 Å². The van der Waals surface area contributed by atoms with Crippen LogP contribution < -0.4 is 9.46 Å². The maximum atomic E-state index is 12.8. The molecule has 0 saturated heterocycles. The van der Waals surface area contributed by atoms with Gasteiger partial charge in [-0.25, -0.2) is 8.42 Å². The minimum atomic E-state index is -3.93. The van der Waals surface area contributed by atoms with Gasteiger partial charge in [-0.2, -0.15) is 0 Å². The van der Waals surface area contributed by atoms with E-state index in [0.717, 1.165) is 4.47 Å². The third kappa shape index (κ3) is 4.56. The van der Waals surface area contributed by atoms with Gasteiger partial charge >= 0.3 is 0 Å². The van der Waals surface area contributed by atoms with E-state index in [1.54, 1.807) is 42.3 Å². The Kier molecular flexibility index (Phi) is 6.30. The van der Waals surface area contributed by atoms with Crippen LogP contribution in [-0.4, -0.2) is 39.4 Å². The monoisotopic (exact) mass is 440 g/mol. The predicted octanol–water partition coefficient (Wildman–Crippen LogP) is 3.74. The van der Waals surface area contributed by atoms with E-state index in [9.17, 15) is 13.2 Å². The van der Waals surface area contributed by atoms with Crippen LogP contribution in [0, 0.1) is 0 Å². The van der Waals surface area contributed by atoms with Crippen molar-refractivity contribution in [1.82, 2.24) is 4.90 Å². The standard InChI is InChI=1S/C18H21BrN2O4S/c1-12(2)21(3)18(22)13-5-10-16(25-4)17(11-13)26(23,24)20-15-8-6-14(19)7-9-15/h5-12,20H,1-4H3. The molecule has 1 N–H and O–H groups in total. The number of halogens is 1. The van der Waals surface area contributed by atoms with Crippen LogP contribution in [0.5, 0.6) is 5.75 Å². The van der Waals surface area contributed by atoms with Crippen LogP contribution in [0.1, 0.15) is 24.2 Å². The third-order valence-corrected chi connectivity index (χ3v) is 5.82. The maximum absolute atomic E-state index is 12.8. The highest BCUT2D eigenvalue weighted by Gasteiger charge is 2.23. The van der Waals surface area contributed by atoms with Crippen molar-refractivity contribution in [2.45, 2.75) is 24.8 Å². The van der Waals surface area contributed by atoms with Gasteiger partial charge in [-0.15, -0.1) is 0 Å². The van der Waals surface area contributed by atoms with Crippen molar-refractivity contribution in [3.05, 3.63) is 52.5 Å². The molecule has 1 amide bonds. The van der Waals surface area contributed by atoms with E-state index in [1.165, 1.54) is 19.2 Å². The second kappa shape index (κ2) is 8.09. The summed E-state index contributed by atoms with van der Waals surface area (Å²) in [5.74, 6) is -0.0962. The molecule has 2 aromatic carbocycles. The average Bonchev–Trinajstić information content (AvgIpc) is 2.61. The normalized spacial score (nSPS) is 11.3. The Labute approximate surface area is 162 Å². The summed E-state index contributed by atoms with van der Waals surface area (Å²) in [7, 11) is -0.875. The number of carbonyl (C=O) groups excluding carboxylic acids is 1. The lowest BCUT2D eigenvalue weighted by atomic mass is 10.1. The quantitative estimate of drug-likeness (QED) is 0.741. The number of hydrogen-bond acceptors (Lipinski definition) is 4. The number of rotatable bonds is 6. The van der Waals surface area contributed by atoms with Crippen molar-refractivity contribution in [3.63, 3.8) is 0 Å². The first kappa shape index (κ1) is 20.3. The summed E-state index contributed by atoms with van der Waals surface area (Å²) in [6, 6.07) is 11.1. The summed E-state index contributed by atoms with van der Waals surface area (Å²) in [6.45, 7) is 3.77. The van der Waals surface area contributed by atoms with Gasteiger partial charge < -0.3 is 9.64 Å². The number of methoxy groups -OCH3 is 1. The van der Waals surface area contributed by atoms with Gasteiger partial charge in [-0.3, -0.25) is 9.52 Å². The third-order valence-electron chi connectivity index (χ3n) is 3.89. The van der Waals surface area contributed by atoms with Gasteiger partial charge in [-0.05, 0) is 56.3 Å². The first-order chi connectivity index (χ1) is 12.2. The van der Waals surface area contributed by atoms with Crippen LogP contribution in [0.3, 0.4) is 0 Å². The molecule has 0 saturated carbocycles. The number of benzene rings is 2. The van der Waals surface area contributed by atoms with E-state index in [4.69, 9.17) is 4.74 Å². The number of hydrogen-bond donors (Lipinski definition) is 1. The molecule has 6 nitrogen and oxygen atoms in total. The van der Waals surface area contributed by atoms with Gasteiger partial charge in [0.1, 0.15) is 10.6 Å². The number of carbonyl (C=O) groups is 1. The Morgan fingerprint density at radius 2 is 1.77 bits per heavy atom. The molecule has 2 rings (SSSR count). The molecule has 8 heteroatoms. The fraction of sp³-hybridized carbons (Fsp3) is 0.278. The zero-order chi connectivity index (χ0) is 19.5. The highest BCUT2D eigenvalue weighted by Crippen LogP contribution is 2.28. The molecule has 0 heterocycles. The Bertz CT molecular complexity index is 896. The fourth-order valence-electron chi connectivity index (χ4n) is 2.19. The van der Waals surface area contributed by atoms with Crippen molar-refractivity contribution >= 4 is 37.5 Å². The van der Waals surface area contributed by atoms with Gasteiger partial charge in [-0.1, -0.05) is 15.9 Å². The molecule has 26 heavy (non-hydrogen) atoms. The number of anilines is 1. The number of sulfonamides is 1. The molecule has 0 aromatic heterocycles. The molecule has 0 unspecified atom stereocenters. The van der Waals surface area contributed by atoms with E-state index in [1.807, 2.05) is 13.8 Å². The number of amides is 1. The van der Waals surface area contributed by atoms with Crippen molar-refractivity contribution in [2.24, 2.45) is 0 Å². The van der Waals surface area contributed by atoms with E-state index in [0.29, 0.717) is 5.69 Å². The fourth-order valence-corrected chi connectivity index (χ4v) is 3.70. The Morgan fingerprint density at radius 1 is 1.15 bits per heavy atom. The summed E-state index contributed by atoms with van der Waals surface area (Å²) in [5, 5.41) is 0. The predicted molar refractivity (Wildman–Crippen MR) is 105 cm³/mol. The van der Waals surface area contributed by atoms with Crippen molar-refractivity contribution in [1.29, 1.82) is 0 Å². The second-order valence-corrected chi connectivity index (χ2v) is 8.55. The molecule has 140 valence electrons. The van der Waals surface area contributed by atoms with Crippen molar-refractivity contribution in [3.8, 4) is 5.75 Å². The van der Waals surface area contributed by atoms with Crippen molar-refractivity contribution < 1.29 is 17.9 Å². The topological polar surface area (TPSA) is 75.7 Å². The van der Waals surface area contributed by atoms with E-state index in [2.05, 4.69) is 20.7 Å². The minimum absolute atomic E-state index is 0.00875. The molecule has 0 fully saturated rings. The van der Waals surface area contributed by atoms with E-state index < -0.39 is 10.0 Å². The van der Waals surface area contributed by atoms with Crippen LogP contribution in [0.15, 0.2) is 51.8 Å². The molecule has 0 aliphatic carbocycles. The van der Waals surface area contributed by atoms with Crippen LogP contribution in [0.2, 0.25) is 0 Å². The van der Waals surface area contributed by atoms with Crippen LogP contribution >= 0.6 is 15.9 Å². The van der Waals surface area contributed by atoms with Gasteiger partial charge in [0, 0.05) is 28.8 Å². The molecule has 2 aromatic rings. The molecule has 0 spiro atoms. The maximum Gasteiger partial charge on any atom is 0.265 e. The molecular formula is C18H21BrN2O4S. The molecule has 0 aliphatic heterocycles. The lowest BCUT2D eigenvalue weighted by Gasteiger charge is -2.22. The molecule has 0 aliphatic rings. The SMILES string of the molecule is COc1ccc(C(=O)N(C)C(C)C)cc1S(=O)(=O)Nc1ccc(Br)cc1. The van der Waals surface area contributed by atoms with Gasteiger partial charge in [0.05, 0.1) is 7.11 Å². The zero-order valence-electron chi connectivity index (χ0n) is 15.0. The molecule has 0 radical (unpaired) electrons. The summed E-state index contributed by atoms with van der Waals surface area (Å²) >= 11 is 3.30. The van der Waals surface area contributed by atoms with Crippen LogP contribution in [0.4, 0.5) is 5.69 Å². The first-order valence-corrected chi connectivity index (χ1v) is 10.2. The van der Waals surface area contributed by atoms with E-state index >= 15 is 0 Å². The lowest BCUT2D eigenvalue weighted by molar-refractivity contribution is 0.0754. The van der Waals surface area contributed by atoms with Gasteiger partial charge in [0.2, 0.25) is 0 Å². The van der Waals surface area contributed by atoms with E-state index in [-0.39, 0.29) is 28.2 Å². The van der Waals surface area contributed by atoms with Gasteiger partial charge in [0.25, 0.3) is 15.9 Å².